The monoisotopic (exact) mass is 254 g/mol. The standard InChI is InChI=1S/C17H22N2/c1-6-7-10-15(13(2)3)19-17(14(4)5)16-11-8-9-12-18-16/h6-12,14H,1H2,2-5H3/b10-7-,19-17?. The Morgan fingerprint density at radius 3 is 2.53 bits per heavy atom. The summed E-state index contributed by atoms with van der Waals surface area (Å²) in [5.74, 6) is 0.321. The average molecular weight is 254 g/mol. The lowest BCUT2D eigenvalue weighted by molar-refractivity contribution is 0.876. The van der Waals surface area contributed by atoms with Crippen molar-refractivity contribution >= 4 is 5.71 Å². The second-order valence-electron chi connectivity index (χ2n) is 4.85. The summed E-state index contributed by atoms with van der Waals surface area (Å²) in [4.78, 5) is 9.18. The number of pyridine rings is 1. The largest absolute Gasteiger partial charge is 0.255 e. The fourth-order valence-corrected chi connectivity index (χ4v) is 1.60. The molecule has 0 unspecified atom stereocenters. The summed E-state index contributed by atoms with van der Waals surface area (Å²) >= 11 is 0. The van der Waals surface area contributed by atoms with Gasteiger partial charge in [-0.2, -0.15) is 0 Å². The van der Waals surface area contributed by atoms with Crippen LogP contribution < -0.4 is 0 Å². The molecule has 19 heavy (non-hydrogen) atoms. The van der Waals surface area contributed by atoms with E-state index in [4.69, 9.17) is 4.99 Å². The zero-order chi connectivity index (χ0) is 14.3. The smallest absolute Gasteiger partial charge is 0.0847 e. The van der Waals surface area contributed by atoms with Crippen LogP contribution in [0.4, 0.5) is 0 Å². The molecule has 0 N–H and O–H groups in total. The highest BCUT2D eigenvalue weighted by Gasteiger charge is 2.10. The molecule has 0 bridgehead atoms. The number of allylic oxidation sites excluding steroid dienone is 4. The van der Waals surface area contributed by atoms with E-state index in [1.807, 2.05) is 30.4 Å². The molecular weight excluding hydrogens is 232 g/mol. The van der Waals surface area contributed by atoms with Crippen LogP contribution in [0.5, 0.6) is 0 Å². The Bertz CT molecular complexity index is 501. The topological polar surface area (TPSA) is 25.2 Å². The van der Waals surface area contributed by atoms with Crippen molar-refractivity contribution in [3.8, 4) is 0 Å². The summed E-state index contributed by atoms with van der Waals surface area (Å²) in [6.45, 7) is 12.1. The van der Waals surface area contributed by atoms with Crippen molar-refractivity contribution in [3.63, 3.8) is 0 Å². The minimum Gasteiger partial charge on any atom is -0.255 e. The van der Waals surface area contributed by atoms with Gasteiger partial charge in [-0.25, -0.2) is 0 Å². The lowest BCUT2D eigenvalue weighted by Gasteiger charge is -2.10. The third-order valence-electron chi connectivity index (χ3n) is 2.62. The molecule has 1 aromatic rings. The molecule has 0 radical (unpaired) electrons. The molecule has 1 aromatic heterocycles. The van der Waals surface area contributed by atoms with E-state index >= 15 is 0 Å². The molecule has 0 atom stereocenters. The van der Waals surface area contributed by atoms with Crippen LogP contribution in [0, 0.1) is 5.92 Å². The highest BCUT2D eigenvalue weighted by molar-refractivity contribution is 6.01. The van der Waals surface area contributed by atoms with Gasteiger partial charge in [0.2, 0.25) is 0 Å². The van der Waals surface area contributed by atoms with E-state index in [1.165, 1.54) is 5.57 Å². The van der Waals surface area contributed by atoms with Crippen molar-refractivity contribution in [1.82, 2.24) is 4.98 Å². The van der Waals surface area contributed by atoms with Crippen molar-refractivity contribution in [2.45, 2.75) is 27.7 Å². The summed E-state index contributed by atoms with van der Waals surface area (Å²) in [7, 11) is 0. The molecule has 2 nitrogen and oxygen atoms in total. The second-order valence-corrected chi connectivity index (χ2v) is 4.85. The summed E-state index contributed by atoms with van der Waals surface area (Å²) in [5, 5.41) is 0. The van der Waals surface area contributed by atoms with Crippen LogP contribution >= 0.6 is 0 Å². The number of hydrogen-bond acceptors (Lipinski definition) is 2. The van der Waals surface area contributed by atoms with Crippen molar-refractivity contribution in [2.24, 2.45) is 10.9 Å². The van der Waals surface area contributed by atoms with Crippen molar-refractivity contribution in [1.29, 1.82) is 0 Å². The van der Waals surface area contributed by atoms with Gasteiger partial charge in [0.1, 0.15) is 0 Å². The van der Waals surface area contributed by atoms with E-state index in [0.717, 1.165) is 17.1 Å². The normalized spacial score (nSPS) is 11.9. The van der Waals surface area contributed by atoms with Crippen molar-refractivity contribution in [2.75, 3.05) is 0 Å². The highest BCUT2D eigenvalue weighted by atomic mass is 14.8. The summed E-state index contributed by atoms with van der Waals surface area (Å²) < 4.78 is 0. The van der Waals surface area contributed by atoms with Gasteiger partial charge in [-0.1, -0.05) is 44.2 Å². The van der Waals surface area contributed by atoms with E-state index in [2.05, 4.69) is 39.3 Å². The van der Waals surface area contributed by atoms with Crippen LogP contribution in [-0.4, -0.2) is 10.7 Å². The first kappa shape index (κ1) is 15.1. The van der Waals surface area contributed by atoms with Crippen LogP contribution in [-0.2, 0) is 0 Å². The molecule has 0 aliphatic heterocycles. The Balaban J connectivity index is 3.25. The minimum absolute atomic E-state index is 0.321. The van der Waals surface area contributed by atoms with Crippen LogP contribution in [0.15, 0.2) is 65.5 Å². The van der Waals surface area contributed by atoms with Crippen LogP contribution in [0.25, 0.3) is 0 Å². The molecule has 0 fully saturated rings. The minimum atomic E-state index is 0.321. The number of rotatable bonds is 5. The van der Waals surface area contributed by atoms with E-state index < -0.39 is 0 Å². The Morgan fingerprint density at radius 1 is 1.32 bits per heavy atom. The summed E-state index contributed by atoms with van der Waals surface area (Å²) in [6, 6.07) is 5.90. The van der Waals surface area contributed by atoms with Crippen molar-refractivity contribution in [3.05, 3.63) is 66.2 Å². The van der Waals surface area contributed by atoms with Gasteiger partial charge in [0.25, 0.3) is 0 Å². The molecule has 2 heteroatoms. The van der Waals surface area contributed by atoms with Crippen molar-refractivity contribution < 1.29 is 0 Å². The SMILES string of the molecule is C=C/C=C\C(N=C(c1ccccn1)C(C)C)=C(C)C. The molecule has 0 saturated heterocycles. The maximum absolute atomic E-state index is 4.78. The number of aromatic nitrogens is 1. The second kappa shape index (κ2) is 7.47. The zero-order valence-corrected chi connectivity index (χ0v) is 12.2. The Labute approximate surface area is 116 Å². The quantitative estimate of drug-likeness (QED) is 0.558. The van der Waals surface area contributed by atoms with Gasteiger partial charge in [-0.3, -0.25) is 9.98 Å². The molecule has 0 aliphatic rings. The Morgan fingerprint density at radius 2 is 2.05 bits per heavy atom. The summed E-state index contributed by atoms with van der Waals surface area (Å²) in [5.41, 5.74) is 4.08. The third-order valence-corrected chi connectivity index (χ3v) is 2.62. The van der Waals surface area contributed by atoms with E-state index in [1.54, 1.807) is 12.3 Å². The van der Waals surface area contributed by atoms with E-state index in [-0.39, 0.29) is 0 Å². The molecule has 1 heterocycles. The van der Waals surface area contributed by atoms with E-state index in [0.29, 0.717) is 5.92 Å². The fourth-order valence-electron chi connectivity index (χ4n) is 1.60. The fraction of sp³-hybridized carbons (Fsp3) is 0.294. The molecule has 1 rings (SSSR count). The van der Waals surface area contributed by atoms with Crippen LogP contribution in [0.2, 0.25) is 0 Å². The van der Waals surface area contributed by atoms with Gasteiger partial charge in [0, 0.05) is 6.20 Å². The predicted molar refractivity (Wildman–Crippen MR) is 83.3 cm³/mol. The van der Waals surface area contributed by atoms with Gasteiger partial charge in [0.05, 0.1) is 17.1 Å². The molecule has 100 valence electrons. The first-order valence-electron chi connectivity index (χ1n) is 6.52. The molecule has 0 saturated carbocycles. The lowest BCUT2D eigenvalue weighted by atomic mass is 10.0. The van der Waals surface area contributed by atoms with Gasteiger partial charge in [-0.05, 0) is 38.0 Å². The maximum atomic E-state index is 4.78. The van der Waals surface area contributed by atoms with Gasteiger partial charge in [0.15, 0.2) is 0 Å². The van der Waals surface area contributed by atoms with Crippen LogP contribution in [0.1, 0.15) is 33.4 Å². The lowest BCUT2D eigenvalue weighted by Crippen LogP contribution is -2.11. The van der Waals surface area contributed by atoms with Gasteiger partial charge in [-0.15, -0.1) is 0 Å². The van der Waals surface area contributed by atoms with Crippen LogP contribution in [0.3, 0.4) is 0 Å². The molecule has 0 aliphatic carbocycles. The average Bonchev–Trinajstić information content (AvgIpc) is 2.39. The van der Waals surface area contributed by atoms with Gasteiger partial charge >= 0.3 is 0 Å². The molecular formula is C17H22N2. The summed E-state index contributed by atoms with van der Waals surface area (Å²) in [6.07, 6.45) is 7.44. The van der Waals surface area contributed by atoms with Gasteiger partial charge < -0.3 is 0 Å². The maximum Gasteiger partial charge on any atom is 0.0847 e. The predicted octanol–water partition coefficient (Wildman–Crippen LogP) is 4.56. The van der Waals surface area contributed by atoms with E-state index in [9.17, 15) is 0 Å². The number of hydrogen-bond donors (Lipinski definition) is 0. The first-order valence-corrected chi connectivity index (χ1v) is 6.52. The first-order chi connectivity index (χ1) is 9.06. The third kappa shape index (κ3) is 4.66. The Hall–Kier alpha value is -1.96. The molecule has 0 aromatic carbocycles. The number of nitrogens with zero attached hydrogens (tertiary/aromatic N) is 2. The zero-order valence-electron chi connectivity index (χ0n) is 12.2. The highest BCUT2D eigenvalue weighted by Crippen LogP contribution is 2.14. The molecule has 0 amide bonds. The molecule has 0 spiro atoms. The number of aliphatic imine (C=N–C) groups is 1. The Kier molecular flexibility index (Phi) is 5.94.